The average Bonchev–Trinajstić information content (AvgIpc) is 2.55. The van der Waals surface area contributed by atoms with E-state index in [0.717, 1.165) is 17.8 Å². The van der Waals surface area contributed by atoms with Gasteiger partial charge in [0.1, 0.15) is 0 Å². The maximum atomic E-state index is 2.76. The smallest absolute Gasteiger partial charge is 0.00130 e. The first-order valence-corrected chi connectivity index (χ1v) is 10.3. The highest BCUT2D eigenvalue weighted by Crippen LogP contribution is 2.35. The molecule has 0 spiro atoms. The molecule has 2 unspecified atom stereocenters. The Balaban J connectivity index is 1.57. The van der Waals surface area contributed by atoms with Crippen LogP contribution in [0.3, 0.4) is 0 Å². The molecule has 1 saturated heterocycles. The summed E-state index contributed by atoms with van der Waals surface area (Å²) in [7, 11) is 0. The van der Waals surface area contributed by atoms with Crippen LogP contribution in [0.5, 0.6) is 0 Å². The predicted octanol–water partition coefficient (Wildman–Crippen LogP) is 5.99. The Morgan fingerprint density at radius 3 is 2.21 bits per heavy atom. The lowest BCUT2D eigenvalue weighted by molar-refractivity contribution is 0.129. The first kappa shape index (κ1) is 18.0. The van der Waals surface area contributed by atoms with Gasteiger partial charge in [-0.25, -0.2) is 0 Å². The third-order valence-electron chi connectivity index (χ3n) is 6.44. The second-order valence-electron chi connectivity index (χ2n) is 9.51. The number of likely N-dealkylation sites (tertiary alicyclic amines) is 1. The molecule has 1 aliphatic heterocycles. The molecule has 1 nitrogen and oxygen atoms in total. The minimum Gasteiger partial charge on any atom is -0.303 e. The van der Waals surface area contributed by atoms with E-state index in [1.165, 1.54) is 63.7 Å². The van der Waals surface area contributed by atoms with Crippen LogP contribution in [0, 0.1) is 11.8 Å². The third-order valence-corrected chi connectivity index (χ3v) is 6.44. The van der Waals surface area contributed by atoms with E-state index < -0.39 is 0 Å². The summed E-state index contributed by atoms with van der Waals surface area (Å²) >= 11 is 0. The second-order valence-corrected chi connectivity index (χ2v) is 9.51. The summed E-state index contributed by atoms with van der Waals surface area (Å²) in [5.41, 5.74) is 3.27. The van der Waals surface area contributed by atoms with Gasteiger partial charge < -0.3 is 4.90 Å². The van der Waals surface area contributed by atoms with Crippen LogP contribution < -0.4 is 0 Å². The Bertz CT molecular complexity index is 504. The molecule has 1 aliphatic carbocycles. The number of benzene rings is 1. The molecular formula is C23H37N. The lowest BCUT2D eigenvalue weighted by Crippen LogP contribution is -2.41. The number of rotatable bonds is 3. The molecular weight excluding hydrogens is 290 g/mol. The zero-order valence-electron chi connectivity index (χ0n) is 16.4. The van der Waals surface area contributed by atoms with Crippen LogP contribution in [0.15, 0.2) is 24.3 Å². The highest BCUT2D eigenvalue weighted by molar-refractivity contribution is 5.30. The molecule has 1 saturated carbocycles. The van der Waals surface area contributed by atoms with Crippen molar-refractivity contribution in [3.63, 3.8) is 0 Å². The molecule has 2 fully saturated rings. The summed E-state index contributed by atoms with van der Waals surface area (Å²) < 4.78 is 0. The average molecular weight is 328 g/mol. The zero-order chi connectivity index (χ0) is 17.2. The maximum absolute atomic E-state index is 2.76. The van der Waals surface area contributed by atoms with Gasteiger partial charge in [0.2, 0.25) is 0 Å². The monoisotopic (exact) mass is 327 g/mol. The van der Waals surface area contributed by atoms with Crippen molar-refractivity contribution in [1.82, 2.24) is 4.90 Å². The Morgan fingerprint density at radius 2 is 1.62 bits per heavy atom. The van der Waals surface area contributed by atoms with Gasteiger partial charge >= 0.3 is 0 Å². The van der Waals surface area contributed by atoms with E-state index in [4.69, 9.17) is 0 Å². The van der Waals surface area contributed by atoms with E-state index >= 15 is 0 Å². The molecule has 0 amide bonds. The largest absolute Gasteiger partial charge is 0.303 e. The van der Waals surface area contributed by atoms with Crippen molar-refractivity contribution in [3.8, 4) is 0 Å². The van der Waals surface area contributed by atoms with Gasteiger partial charge in [-0.1, -0.05) is 71.2 Å². The summed E-state index contributed by atoms with van der Waals surface area (Å²) in [6.45, 7) is 13.3. The van der Waals surface area contributed by atoms with Gasteiger partial charge in [-0.15, -0.1) is 0 Å². The number of hydrogen-bond acceptors (Lipinski definition) is 1. The van der Waals surface area contributed by atoms with Crippen LogP contribution in [0.1, 0.15) is 83.3 Å². The summed E-state index contributed by atoms with van der Waals surface area (Å²) in [6, 6.07) is 9.52. The minimum absolute atomic E-state index is 0.257. The minimum atomic E-state index is 0.257. The Hall–Kier alpha value is -0.820. The van der Waals surface area contributed by atoms with E-state index in [2.05, 4.69) is 56.9 Å². The van der Waals surface area contributed by atoms with E-state index in [-0.39, 0.29) is 5.41 Å². The summed E-state index contributed by atoms with van der Waals surface area (Å²) in [5.74, 6) is 2.51. The summed E-state index contributed by atoms with van der Waals surface area (Å²) in [6.07, 6.45) is 8.70. The second kappa shape index (κ2) is 7.60. The fourth-order valence-electron chi connectivity index (χ4n) is 4.86. The van der Waals surface area contributed by atoms with Crippen LogP contribution in [-0.4, -0.2) is 24.5 Å². The number of nitrogens with zero attached hydrogens (tertiary/aromatic N) is 1. The molecule has 1 heteroatoms. The Labute approximate surface area is 149 Å². The number of hydrogen-bond donors (Lipinski definition) is 0. The number of piperidine rings is 1. The Kier molecular flexibility index (Phi) is 5.70. The van der Waals surface area contributed by atoms with Crippen molar-refractivity contribution in [3.05, 3.63) is 35.4 Å². The van der Waals surface area contributed by atoms with Gasteiger partial charge in [-0.05, 0) is 60.1 Å². The topological polar surface area (TPSA) is 3.24 Å². The van der Waals surface area contributed by atoms with Crippen LogP contribution in [0.2, 0.25) is 0 Å². The standard InChI is InChI=1S/C23H37N/c1-18-16-24(17-19-8-6-5-7-9-19)15-14-22(18)20-10-12-21(13-11-20)23(2,3)4/h10-13,18-19,22H,5-9,14-17H2,1-4H3. The molecule has 0 radical (unpaired) electrons. The molecule has 2 atom stereocenters. The van der Waals surface area contributed by atoms with Crippen molar-refractivity contribution >= 4 is 0 Å². The molecule has 1 heterocycles. The zero-order valence-corrected chi connectivity index (χ0v) is 16.4. The van der Waals surface area contributed by atoms with Crippen LogP contribution in [0.4, 0.5) is 0 Å². The van der Waals surface area contributed by atoms with E-state index in [1.54, 1.807) is 5.56 Å². The van der Waals surface area contributed by atoms with Gasteiger partial charge in [0.05, 0.1) is 0 Å². The van der Waals surface area contributed by atoms with Gasteiger partial charge in [0, 0.05) is 13.1 Å². The van der Waals surface area contributed by atoms with Crippen LogP contribution in [-0.2, 0) is 5.41 Å². The van der Waals surface area contributed by atoms with E-state index in [9.17, 15) is 0 Å². The molecule has 3 rings (SSSR count). The van der Waals surface area contributed by atoms with Gasteiger partial charge in [0.15, 0.2) is 0 Å². The first-order chi connectivity index (χ1) is 11.4. The summed E-state index contributed by atoms with van der Waals surface area (Å²) in [5, 5.41) is 0. The van der Waals surface area contributed by atoms with Crippen molar-refractivity contribution in [1.29, 1.82) is 0 Å². The SMILES string of the molecule is CC1CN(CC2CCCCC2)CCC1c1ccc(C(C)(C)C)cc1. The van der Waals surface area contributed by atoms with E-state index in [1.807, 2.05) is 0 Å². The fraction of sp³-hybridized carbons (Fsp3) is 0.739. The fourth-order valence-corrected chi connectivity index (χ4v) is 4.86. The first-order valence-electron chi connectivity index (χ1n) is 10.3. The molecule has 0 N–H and O–H groups in total. The predicted molar refractivity (Wildman–Crippen MR) is 105 cm³/mol. The van der Waals surface area contributed by atoms with Crippen LogP contribution in [0.25, 0.3) is 0 Å². The third kappa shape index (κ3) is 4.42. The van der Waals surface area contributed by atoms with Gasteiger partial charge in [0.25, 0.3) is 0 Å². The van der Waals surface area contributed by atoms with Crippen molar-refractivity contribution in [2.75, 3.05) is 19.6 Å². The molecule has 1 aromatic carbocycles. The van der Waals surface area contributed by atoms with Crippen molar-refractivity contribution in [2.45, 2.75) is 77.6 Å². The molecule has 0 aromatic heterocycles. The van der Waals surface area contributed by atoms with Crippen molar-refractivity contribution in [2.24, 2.45) is 11.8 Å². The highest BCUT2D eigenvalue weighted by Gasteiger charge is 2.29. The Morgan fingerprint density at radius 1 is 0.958 bits per heavy atom. The highest BCUT2D eigenvalue weighted by atomic mass is 15.1. The molecule has 24 heavy (non-hydrogen) atoms. The lowest BCUT2D eigenvalue weighted by atomic mass is 9.79. The lowest BCUT2D eigenvalue weighted by Gasteiger charge is -2.39. The molecule has 2 aliphatic rings. The maximum Gasteiger partial charge on any atom is 0.00130 e. The van der Waals surface area contributed by atoms with Gasteiger partial charge in [-0.2, -0.15) is 0 Å². The quantitative estimate of drug-likeness (QED) is 0.659. The molecule has 0 bridgehead atoms. The van der Waals surface area contributed by atoms with E-state index in [0.29, 0.717) is 0 Å². The normalized spacial score (nSPS) is 27.3. The molecule has 1 aromatic rings. The van der Waals surface area contributed by atoms with Crippen molar-refractivity contribution < 1.29 is 0 Å². The molecule has 134 valence electrons. The van der Waals surface area contributed by atoms with Gasteiger partial charge in [-0.3, -0.25) is 0 Å². The van der Waals surface area contributed by atoms with Crippen LogP contribution >= 0.6 is 0 Å². The summed E-state index contributed by atoms with van der Waals surface area (Å²) in [4.78, 5) is 2.76.